The van der Waals surface area contributed by atoms with Crippen molar-refractivity contribution in [1.29, 1.82) is 0 Å². The third-order valence-corrected chi connectivity index (χ3v) is 3.81. The minimum atomic E-state index is 1.04. The van der Waals surface area contributed by atoms with Gasteiger partial charge in [0.2, 0.25) is 0 Å². The first-order valence-corrected chi connectivity index (χ1v) is 6.76. The summed E-state index contributed by atoms with van der Waals surface area (Å²) in [5, 5.41) is 2.52. The first-order valence-electron chi connectivity index (χ1n) is 6.76. The van der Waals surface area contributed by atoms with E-state index in [1.165, 1.54) is 21.9 Å². The van der Waals surface area contributed by atoms with E-state index in [-0.39, 0.29) is 0 Å². The van der Waals surface area contributed by atoms with Gasteiger partial charge in [0.25, 0.3) is 0 Å². The average molecular weight is 258 g/mol. The highest BCUT2D eigenvalue weighted by Crippen LogP contribution is 2.34. The Morgan fingerprint density at radius 1 is 0.900 bits per heavy atom. The second-order valence-corrected chi connectivity index (χ2v) is 5.04. The van der Waals surface area contributed by atoms with Crippen LogP contribution >= 0.6 is 0 Å². The molecule has 0 fully saturated rings. The van der Waals surface area contributed by atoms with E-state index in [1.807, 2.05) is 19.2 Å². The predicted molar refractivity (Wildman–Crippen MR) is 83.8 cm³/mol. The fraction of sp³-hybridized carbons (Fsp3) is 0.0556. The number of pyridine rings is 1. The van der Waals surface area contributed by atoms with Crippen LogP contribution in [0.2, 0.25) is 0 Å². The zero-order chi connectivity index (χ0) is 13.5. The van der Waals surface area contributed by atoms with Gasteiger partial charge >= 0.3 is 0 Å². The van der Waals surface area contributed by atoms with Crippen molar-refractivity contribution in [3.63, 3.8) is 0 Å². The molecule has 0 aliphatic heterocycles. The number of nitrogens with one attached hydrogen (secondary N) is 1. The lowest BCUT2D eigenvalue weighted by Gasteiger charge is -2.05. The molecule has 0 aliphatic carbocycles. The number of aromatic amines is 1. The van der Waals surface area contributed by atoms with Crippen molar-refractivity contribution in [2.24, 2.45) is 0 Å². The first-order chi connectivity index (χ1) is 9.84. The third-order valence-electron chi connectivity index (χ3n) is 3.81. The van der Waals surface area contributed by atoms with Gasteiger partial charge in [-0.25, -0.2) is 0 Å². The molecule has 4 aromatic rings. The molecule has 0 bridgehead atoms. The zero-order valence-electron chi connectivity index (χ0n) is 11.2. The summed E-state index contributed by atoms with van der Waals surface area (Å²) in [5.41, 5.74) is 5.72. The first kappa shape index (κ1) is 11.2. The second kappa shape index (κ2) is 4.20. The van der Waals surface area contributed by atoms with Crippen molar-refractivity contribution in [1.82, 2.24) is 9.97 Å². The Hall–Kier alpha value is -2.61. The molecule has 0 radical (unpaired) electrons. The van der Waals surface area contributed by atoms with E-state index in [2.05, 4.69) is 58.5 Å². The largest absolute Gasteiger partial charge is 0.353 e. The molecule has 2 aromatic carbocycles. The Bertz CT molecular complexity index is 905. The summed E-state index contributed by atoms with van der Waals surface area (Å²) in [6, 6.07) is 18.9. The molecule has 2 heteroatoms. The number of aromatic nitrogens is 2. The third kappa shape index (κ3) is 1.55. The van der Waals surface area contributed by atoms with Crippen molar-refractivity contribution >= 4 is 21.8 Å². The normalized spacial score (nSPS) is 11.2. The van der Waals surface area contributed by atoms with Gasteiger partial charge in [0, 0.05) is 28.0 Å². The van der Waals surface area contributed by atoms with Crippen LogP contribution in [-0.2, 0) is 0 Å². The number of rotatable bonds is 1. The van der Waals surface area contributed by atoms with E-state index in [1.54, 1.807) is 0 Å². The second-order valence-electron chi connectivity index (χ2n) is 5.04. The van der Waals surface area contributed by atoms with E-state index in [0.29, 0.717) is 0 Å². The topological polar surface area (TPSA) is 28.7 Å². The maximum atomic E-state index is 4.55. The van der Waals surface area contributed by atoms with Crippen LogP contribution in [0.4, 0.5) is 0 Å². The van der Waals surface area contributed by atoms with Crippen LogP contribution in [0.5, 0.6) is 0 Å². The van der Waals surface area contributed by atoms with Crippen LogP contribution in [0.1, 0.15) is 5.69 Å². The molecule has 0 amide bonds. The maximum Gasteiger partial charge on any atom is 0.0687 e. The van der Waals surface area contributed by atoms with Crippen molar-refractivity contribution < 1.29 is 0 Å². The number of benzene rings is 2. The molecule has 96 valence electrons. The molecule has 0 spiro atoms. The Morgan fingerprint density at radius 2 is 1.65 bits per heavy atom. The van der Waals surface area contributed by atoms with Gasteiger partial charge in [-0.3, -0.25) is 4.98 Å². The molecule has 2 nitrogen and oxygen atoms in total. The van der Waals surface area contributed by atoms with Crippen LogP contribution in [0.25, 0.3) is 32.9 Å². The highest BCUT2D eigenvalue weighted by atomic mass is 14.8. The number of hydrogen-bond donors (Lipinski definition) is 1. The highest BCUT2D eigenvalue weighted by molar-refractivity contribution is 6.14. The molecular weight excluding hydrogens is 244 g/mol. The quantitative estimate of drug-likeness (QED) is 0.527. The Balaban J connectivity index is 2.19. The molecule has 2 aromatic heterocycles. The Morgan fingerprint density at radius 3 is 2.50 bits per heavy atom. The number of para-hydroxylation sites is 1. The fourth-order valence-electron chi connectivity index (χ4n) is 2.82. The zero-order valence-corrected chi connectivity index (χ0v) is 11.2. The molecule has 0 saturated heterocycles. The molecule has 0 aliphatic rings. The molecule has 1 N–H and O–H groups in total. The monoisotopic (exact) mass is 258 g/mol. The summed E-state index contributed by atoms with van der Waals surface area (Å²) in [6.45, 7) is 2.05. The van der Waals surface area contributed by atoms with Gasteiger partial charge in [-0.05, 0) is 18.6 Å². The standard InChI is InChI=1S/C18H14N2/c1-12-18-17(14-9-5-6-10-16(14)20-18)15(11-19-12)13-7-3-2-4-8-13/h2-11,20H,1H3. The predicted octanol–water partition coefficient (Wildman–Crippen LogP) is 4.69. The van der Waals surface area contributed by atoms with Gasteiger partial charge in [-0.1, -0.05) is 48.5 Å². The lowest BCUT2D eigenvalue weighted by Crippen LogP contribution is -1.86. The van der Waals surface area contributed by atoms with Crippen LogP contribution < -0.4 is 0 Å². The van der Waals surface area contributed by atoms with Gasteiger partial charge in [0.1, 0.15) is 0 Å². The summed E-state index contributed by atoms with van der Waals surface area (Å²) in [4.78, 5) is 8.04. The number of aryl methyl sites for hydroxylation is 1. The van der Waals surface area contributed by atoms with Gasteiger partial charge in [-0.2, -0.15) is 0 Å². The van der Waals surface area contributed by atoms with E-state index >= 15 is 0 Å². The van der Waals surface area contributed by atoms with Crippen molar-refractivity contribution in [2.45, 2.75) is 6.92 Å². The fourth-order valence-corrected chi connectivity index (χ4v) is 2.82. The highest BCUT2D eigenvalue weighted by Gasteiger charge is 2.12. The van der Waals surface area contributed by atoms with E-state index in [9.17, 15) is 0 Å². The smallest absolute Gasteiger partial charge is 0.0687 e. The van der Waals surface area contributed by atoms with Crippen LogP contribution in [0.15, 0.2) is 60.8 Å². The van der Waals surface area contributed by atoms with Crippen LogP contribution in [0, 0.1) is 6.92 Å². The number of nitrogens with zero attached hydrogens (tertiary/aromatic N) is 1. The molecule has 0 atom stereocenters. The average Bonchev–Trinajstić information content (AvgIpc) is 2.89. The SMILES string of the molecule is Cc1ncc(-c2ccccc2)c2c1[nH]c1ccccc12. The summed E-state index contributed by atoms with van der Waals surface area (Å²) in [7, 11) is 0. The minimum absolute atomic E-state index is 1.04. The molecule has 2 heterocycles. The van der Waals surface area contributed by atoms with Gasteiger partial charge < -0.3 is 4.98 Å². The summed E-state index contributed by atoms with van der Waals surface area (Å²) < 4.78 is 0. The van der Waals surface area contributed by atoms with Gasteiger partial charge in [0.15, 0.2) is 0 Å². The van der Waals surface area contributed by atoms with Gasteiger partial charge in [0.05, 0.1) is 11.2 Å². The van der Waals surface area contributed by atoms with Crippen molar-refractivity contribution in [2.75, 3.05) is 0 Å². The summed E-state index contributed by atoms with van der Waals surface area (Å²) >= 11 is 0. The molecular formula is C18H14N2. The Kier molecular flexibility index (Phi) is 2.36. The number of fused-ring (bicyclic) bond motifs is 3. The van der Waals surface area contributed by atoms with Crippen molar-refractivity contribution in [3.8, 4) is 11.1 Å². The van der Waals surface area contributed by atoms with Gasteiger partial charge in [-0.15, -0.1) is 0 Å². The number of H-pyrrole nitrogens is 1. The molecule has 4 rings (SSSR count). The van der Waals surface area contributed by atoms with Crippen molar-refractivity contribution in [3.05, 3.63) is 66.5 Å². The molecule has 0 unspecified atom stereocenters. The molecule has 0 saturated carbocycles. The summed E-state index contributed by atoms with van der Waals surface area (Å²) in [6.07, 6.45) is 1.98. The van der Waals surface area contributed by atoms with Crippen LogP contribution in [-0.4, -0.2) is 9.97 Å². The minimum Gasteiger partial charge on any atom is -0.353 e. The number of hydrogen-bond acceptors (Lipinski definition) is 1. The Labute approximate surface area is 117 Å². The van der Waals surface area contributed by atoms with Crippen LogP contribution in [0.3, 0.4) is 0 Å². The van der Waals surface area contributed by atoms with E-state index in [0.717, 1.165) is 16.7 Å². The maximum absolute atomic E-state index is 4.55. The lowest BCUT2D eigenvalue weighted by molar-refractivity contribution is 1.22. The molecule has 20 heavy (non-hydrogen) atoms. The summed E-state index contributed by atoms with van der Waals surface area (Å²) in [5.74, 6) is 0. The lowest BCUT2D eigenvalue weighted by atomic mass is 10.0. The van der Waals surface area contributed by atoms with E-state index < -0.39 is 0 Å². The van der Waals surface area contributed by atoms with E-state index in [4.69, 9.17) is 0 Å².